The molecule has 0 aliphatic heterocycles. The van der Waals surface area contributed by atoms with Crippen LogP contribution < -0.4 is 5.32 Å². The minimum absolute atomic E-state index is 0.242. The van der Waals surface area contributed by atoms with Gasteiger partial charge in [0.1, 0.15) is 5.82 Å². The summed E-state index contributed by atoms with van der Waals surface area (Å²) in [5.41, 5.74) is 1.77. The molecule has 0 saturated carbocycles. The standard InChI is InChI=1S/C13H8BrFN2S/c14-8-1-6-12-11(7-8)17-13(18-12)16-10-4-2-9(15)3-5-10/h1-7H,(H,16,17). The monoisotopic (exact) mass is 322 g/mol. The van der Waals surface area contributed by atoms with E-state index in [1.807, 2.05) is 18.2 Å². The molecule has 18 heavy (non-hydrogen) atoms. The van der Waals surface area contributed by atoms with Crippen LogP contribution in [0.1, 0.15) is 0 Å². The van der Waals surface area contributed by atoms with E-state index < -0.39 is 0 Å². The average molecular weight is 323 g/mol. The Balaban J connectivity index is 1.92. The molecule has 1 aromatic heterocycles. The van der Waals surface area contributed by atoms with Crippen LogP contribution in [0.3, 0.4) is 0 Å². The minimum atomic E-state index is -0.242. The fourth-order valence-corrected chi connectivity index (χ4v) is 2.83. The molecule has 5 heteroatoms. The Morgan fingerprint density at radius 2 is 1.89 bits per heavy atom. The predicted octanol–water partition coefficient (Wildman–Crippen LogP) is 4.94. The van der Waals surface area contributed by atoms with Gasteiger partial charge in [-0.1, -0.05) is 27.3 Å². The SMILES string of the molecule is Fc1ccc(Nc2nc3cc(Br)ccc3s2)cc1. The molecule has 0 unspecified atom stereocenters. The highest BCUT2D eigenvalue weighted by atomic mass is 79.9. The van der Waals surface area contributed by atoms with Crippen molar-refractivity contribution in [2.45, 2.75) is 0 Å². The van der Waals surface area contributed by atoms with Crippen molar-refractivity contribution in [2.75, 3.05) is 5.32 Å². The Labute approximate surface area is 116 Å². The van der Waals surface area contributed by atoms with Gasteiger partial charge in [0, 0.05) is 10.2 Å². The van der Waals surface area contributed by atoms with Crippen molar-refractivity contribution in [1.82, 2.24) is 4.98 Å². The first-order chi connectivity index (χ1) is 8.70. The van der Waals surface area contributed by atoms with Gasteiger partial charge in [-0.25, -0.2) is 9.37 Å². The fraction of sp³-hybridized carbons (Fsp3) is 0. The molecule has 3 rings (SSSR count). The van der Waals surface area contributed by atoms with Crippen molar-refractivity contribution in [3.63, 3.8) is 0 Å². The van der Waals surface area contributed by atoms with E-state index in [1.165, 1.54) is 12.1 Å². The molecule has 0 fully saturated rings. The summed E-state index contributed by atoms with van der Waals surface area (Å²) < 4.78 is 14.9. The number of thiazole rings is 1. The third-order valence-electron chi connectivity index (χ3n) is 2.45. The van der Waals surface area contributed by atoms with Crippen LogP contribution in [-0.2, 0) is 0 Å². The number of nitrogens with one attached hydrogen (secondary N) is 1. The Morgan fingerprint density at radius 1 is 1.11 bits per heavy atom. The van der Waals surface area contributed by atoms with Crippen LogP contribution in [0.25, 0.3) is 10.2 Å². The molecule has 90 valence electrons. The Kier molecular flexibility index (Phi) is 3.01. The lowest BCUT2D eigenvalue weighted by atomic mass is 10.3. The number of aromatic nitrogens is 1. The Bertz CT molecular complexity index is 694. The number of hydrogen-bond donors (Lipinski definition) is 1. The molecule has 0 aliphatic carbocycles. The van der Waals surface area contributed by atoms with Gasteiger partial charge < -0.3 is 5.32 Å². The summed E-state index contributed by atoms with van der Waals surface area (Å²) in [5, 5.41) is 3.97. The lowest BCUT2D eigenvalue weighted by Gasteiger charge is -2.00. The second kappa shape index (κ2) is 4.66. The van der Waals surface area contributed by atoms with Crippen LogP contribution in [0.15, 0.2) is 46.9 Å². The first-order valence-electron chi connectivity index (χ1n) is 5.29. The van der Waals surface area contributed by atoms with Gasteiger partial charge in [0.2, 0.25) is 0 Å². The number of anilines is 2. The molecule has 0 amide bonds. The zero-order valence-corrected chi connectivity index (χ0v) is 11.6. The van der Waals surface area contributed by atoms with Gasteiger partial charge in [0.05, 0.1) is 10.2 Å². The van der Waals surface area contributed by atoms with E-state index in [4.69, 9.17) is 0 Å². The number of fused-ring (bicyclic) bond motifs is 1. The van der Waals surface area contributed by atoms with Crippen molar-refractivity contribution in [3.8, 4) is 0 Å². The van der Waals surface area contributed by atoms with Gasteiger partial charge in [0.25, 0.3) is 0 Å². The molecule has 3 aromatic rings. The molecule has 0 spiro atoms. The number of halogens is 2. The molecule has 1 heterocycles. The zero-order valence-electron chi connectivity index (χ0n) is 9.15. The molecule has 1 N–H and O–H groups in total. The van der Waals surface area contributed by atoms with Crippen LogP contribution in [0.5, 0.6) is 0 Å². The third-order valence-corrected chi connectivity index (χ3v) is 3.89. The number of hydrogen-bond acceptors (Lipinski definition) is 3. The summed E-state index contributed by atoms with van der Waals surface area (Å²) in [6, 6.07) is 12.2. The van der Waals surface area contributed by atoms with Crippen molar-refractivity contribution in [1.29, 1.82) is 0 Å². The first kappa shape index (κ1) is 11.6. The lowest BCUT2D eigenvalue weighted by Crippen LogP contribution is -1.88. The van der Waals surface area contributed by atoms with E-state index in [1.54, 1.807) is 23.5 Å². The summed E-state index contributed by atoms with van der Waals surface area (Å²) in [4.78, 5) is 4.47. The van der Waals surface area contributed by atoms with E-state index in [-0.39, 0.29) is 5.82 Å². The molecular weight excluding hydrogens is 315 g/mol. The van der Waals surface area contributed by atoms with Crippen LogP contribution >= 0.6 is 27.3 Å². The van der Waals surface area contributed by atoms with Gasteiger partial charge in [0.15, 0.2) is 5.13 Å². The molecule has 0 aliphatic rings. The third kappa shape index (κ3) is 2.37. The first-order valence-corrected chi connectivity index (χ1v) is 6.90. The maximum Gasteiger partial charge on any atom is 0.188 e. The fourth-order valence-electron chi connectivity index (χ4n) is 1.61. The summed E-state index contributed by atoms with van der Waals surface area (Å²) in [5.74, 6) is -0.242. The average Bonchev–Trinajstić information content (AvgIpc) is 2.73. The van der Waals surface area contributed by atoms with Crippen LogP contribution in [0.2, 0.25) is 0 Å². The van der Waals surface area contributed by atoms with E-state index in [9.17, 15) is 4.39 Å². The normalized spacial score (nSPS) is 10.8. The van der Waals surface area contributed by atoms with Crippen LogP contribution in [0, 0.1) is 5.82 Å². The van der Waals surface area contributed by atoms with Crippen molar-refractivity contribution >= 4 is 48.3 Å². The van der Waals surface area contributed by atoms with Gasteiger partial charge in [-0.3, -0.25) is 0 Å². The van der Waals surface area contributed by atoms with Crippen LogP contribution in [-0.4, -0.2) is 4.98 Å². The van der Waals surface area contributed by atoms with E-state index in [0.29, 0.717) is 0 Å². The van der Waals surface area contributed by atoms with Gasteiger partial charge in [-0.15, -0.1) is 0 Å². The second-order valence-corrected chi connectivity index (χ2v) is 5.71. The lowest BCUT2D eigenvalue weighted by molar-refractivity contribution is 0.628. The van der Waals surface area contributed by atoms with E-state index >= 15 is 0 Å². The topological polar surface area (TPSA) is 24.9 Å². The molecule has 0 atom stereocenters. The van der Waals surface area contributed by atoms with E-state index in [2.05, 4.69) is 26.2 Å². The number of rotatable bonds is 2. The van der Waals surface area contributed by atoms with Gasteiger partial charge >= 0.3 is 0 Å². The maximum absolute atomic E-state index is 12.8. The molecule has 0 radical (unpaired) electrons. The predicted molar refractivity (Wildman–Crippen MR) is 77.0 cm³/mol. The summed E-state index contributed by atoms with van der Waals surface area (Å²) in [6.07, 6.45) is 0. The highest BCUT2D eigenvalue weighted by Gasteiger charge is 2.04. The largest absolute Gasteiger partial charge is 0.332 e. The second-order valence-electron chi connectivity index (χ2n) is 3.76. The van der Waals surface area contributed by atoms with Crippen molar-refractivity contribution in [3.05, 3.63) is 52.8 Å². The van der Waals surface area contributed by atoms with Gasteiger partial charge in [-0.2, -0.15) is 0 Å². The summed E-state index contributed by atoms with van der Waals surface area (Å²) in [7, 11) is 0. The van der Waals surface area contributed by atoms with Crippen molar-refractivity contribution in [2.24, 2.45) is 0 Å². The Morgan fingerprint density at radius 3 is 2.67 bits per heavy atom. The molecule has 0 saturated heterocycles. The quantitative estimate of drug-likeness (QED) is 0.722. The minimum Gasteiger partial charge on any atom is -0.332 e. The zero-order chi connectivity index (χ0) is 12.5. The molecule has 0 bridgehead atoms. The molecule has 2 aromatic carbocycles. The van der Waals surface area contributed by atoms with Gasteiger partial charge in [-0.05, 0) is 42.5 Å². The summed E-state index contributed by atoms with van der Waals surface area (Å²) >= 11 is 4.99. The molecule has 2 nitrogen and oxygen atoms in total. The van der Waals surface area contributed by atoms with E-state index in [0.717, 1.165) is 25.5 Å². The van der Waals surface area contributed by atoms with Crippen molar-refractivity contribution < 1.29 is 4.39 Å². The molecular formula is C13H8BrFN2S. The summed E-state index contributed by atoms with van der Waals surface area (Å²) in [6.45, 7) is 0. The van der Waals surface area contributed by atoms with Crippen LogP contribution in [0.4, 0.5) is 15.2 Å². The number of nitrogens with zero attached hydrogens (tertiary/aromatic N) is 1. The highest BCUT2D eigenvalue weighted by Crippen LogP contribution is 2.30. The number of benzene rings is 2. The Hall–Kier alpha value is -1.46. The smallest absolute Gasteiger partial charge is 0.188 e. The highest BCUT2D eigenvalue weighted by molar-refractivity contribution is 9.10. The maximum atomic E-state index is 12.8.